The summed E-state index contributed by atoms with van der Waals surface area (Å²) in [5, 5.41) is 3.72. The number of aromatic nitrogens is 1. The predicted molar refractivity (Wildman–Crippen MR) is 136 cm³/mol. The first-order valence-electron chi connectivity index (χ1n) is 11.7. The van der Waals surface area contributed by atoms with Gasteiger partial charge in [0.05, 0.1) is 19.1 Å². The molecule has 2 aromatic heterocycles. The Bertz CT molecular complexity index is 1360. The number of amides is 2. The van der Waals surface area contributed by atoms with E-state index in [0.717, 1.165) is 11.2 Å². The summed E-state index contributed by atoms with van der Waals surface area (Å²) >= 11 is 0. The van der Waals surface area contributed by atoms with Gasteiger partial charge in [-0.25, -0.2) is 4.98 Å². The van der Waals surface area contributed by atoms with E-state index in [0.29, 0.717) is 54.6 Å². The van der Waals surface area contributed by atoms with Crippen LogP contribution in [0.4, 0.5) is 11.5 Å². The molecule has 36 heavy (non-hydrogen) atoms. The quantitative estimate of drug-likeness (QED) is 0.424. The van der Waals surface area contributed by atoms with E-state index in [9.17, 15) is 9.59 Å². The molecule has 1 saturated heterocycles. The van der Waals surface area contributed by atoms with Crippen molar-refractivity contribution in [2.24, 2.45) is 0 Å². The molecule has 0 spiro atoms. The van der Waals surface area contributed by atoms with Gasteiger partial charge in [0.2, 0.25) is 0 Å². The topological polar surface area (TPSA) is 97.1 Å². The van der Waals surface area contributed by atoms with Crippen LogP contribution < -0.4 is 19.7 Å². The molecule has 9 heteroatoms. The minimum absolute atomic E-state index is 0.104. The summed E-state index contributed by atoms with van der Waals surface area (Å²) < 4.78 is 16.4. The van der Waals surface area contributed by atoms with Crippen LogP contribution in [0.2, 0.25) is 0 Å². The Labute approximate surface area is 208 Å². The number of fused-ring (bicyclic) bond motifs is 1. The Morgan fingerprint density at radius 2 is 1.75 bits per heavy atom. The van der Waals surface area contributed by atoms with Crippen molar-refractivity contribution in [2.45, 2.75) is 0 Å². The fraction of sp³-hybridized carbons (Fsp3) is 0.222. The molecule has 2 aromatic carbocycles. The lowest BCUT2D eigenvalue weighted by molar-refractivity contribution is -0.118. The van der Waals surface area contributed by atoms with Crippen LogP contribution in [0.25, 0.3) is 10.9 Å². The van der Waals surface area contributed by atoms with Gasteiger partial charge in [-0.05, 0) is 42.5 Å². The molecule has 1 fully saturated rings. The summed E-state index contributed by atoms with van der Waals surface area (Å²) in [6.45, 7) is 2.27. The van der Waals surface area contributed by atoms with Crippen molar-refractivity contribution in [1.82, 2.24) is 9.88 Å². The average Bonchev–Trinajstić information content (AvgIpc) is 3.47. The average molecular weight is 487 g/mol. The number of pyridine rings is 1. The van der Waals surface area contributed by atoms with E-state index in [4.69, 9.17) is 18.9 Å². The molecule has 0 radical (unpaired) electrons. The van der Waals surface area contributed by atoms with Crippen molar-refractivity contribution in [1.29, 1.82) is 0 Å². The molecule has 4 aromatic rings. The molecule has 3 heterocycles. The van der Waals surface area contributed by atoms with Crippen LogP contribution in [0.15, 0.2) is 77.4 Å². The van der Waals surface area contributed by atoms with Gasteiger partial charge in [0.15, 0.2) is 12.4 Å². The van der Waals surface area contributed by atoms with Crippen LogP contribution in [0.3, 0.4) is 0 Å². The number of rotatable bonds is 7. The highest BCUT2D eigenvalue weighted by atomic mass is 16.5. The van der Waals surface area contributed by atoms with Crippen LogP contribution in [0.5, 0.6) is 11.5 Å². The number of benzene rings is 2. The second kappa shape index (κ2) is 10.4. The lowest BCUT2D eigenvalue weighted by Crippen LogP contribution is -2.49. The van der Waals surface area contributed by atoms with Crippen LogP contribution in [0, 0.1) is 0 Å². The van der Waals surface area contributed by atoms with E-state index < -0.39 is 0 Å². The standard InChI is InChI=1S/C27H26N4O5/c1-34-21-8-3-2-7-20(21)28-25(32)18-36-22-9-4-6-19-11-12-24(29-26(19)22)30-13-15-31(16-14-30)27(33)23-10-5-17-35-23/h2-12,17H,13-16,18H2,1H3,(H,28,32). The molecule has 184 valence electrons. The number of nitrogens with one attached hydrogen (secondary N) is 1. The van der Waals surface area contributed by atoms with Crippen molar-refractivity contribution >= 4 is 34.2 Å². The highest BCUT2D eigenvalue weighted by Crippen LogP contribution is 2.28. The summed E-state index contributed by atoms with van der Waals surface area (Å²) in [4.78, 5) is 33.8. The number of piperazine rings is 1. The zero-order valence-corrected chi connectivity index (χ0v) is 19.8. The molecule has 1 aliphatic heterocycles. The number of carbonyl (C=O) groups excluding carboxylic acids is 2. The third kappa shape index (κ3) is 4.95. The Balaban J connectivity index is 1.25. The number of nitrogens with zero attached hydrogens (tertiary/aromatic N) is 3. The molecule has 0 bridgehead atoms. The van der Waals surface area contributed by atoms with Crippen LogP contribution in [-0.2, 0) is 4.79 Å². The fourth-order valence-corrected chi connectivity index (χ4v) is 4.17. The molecule has 2 amide bonds. The second-order valence-electron chi connectivity index (χ2n) is 8.29. The predicted octanol–water partition coefficient (Wildman–Crippen LogP) is 3.82. The van der Waals surface area contributed by atoms with Gasteiger partial charge in [0.25, 0.3) is 11.8 Å². The maximum Gasteiger partial charge on any atom is 0.289 e. The number of anilines is 2. The van der Waals surface area contributed by atoms with Gasteiger partial charge >= 0.3 is 0 Å². The Hall–Kier alpha value is -4.53. The monoisotopic (exact) mass is 486 g/mol. The number of carbonyl (C=O) groups is 2. The van der Waals surface area contributed by atoms with E-state index in [1.807, 2.05) is 36.4 Å². The summed E-state index contributed by atoms with van der Waals surface area (Å²) in [5.41, 5.74) is 1.26. The van der Waals surface area contributed by atoms with Gasteiger partial charge in [-0.2, -0.15) is 0 Å². The van der Waals surface area contributed by atoms with Crippen LogP contribution in [-0.4, -0.2) is 61.6 Å². The molecular weight excluding hydrogens is 460 g/mol. The largest absolute Gasteiger partial charge is 0.495 e. The number of hydrogen-bond acceptors (Lipinski definition) is 7. The summed E-state index contributed by atoms with van der Waals surface area (Å²) in [6.07, 6.45) is 1.50. The van der Waals surface area contributed by atoms with Gasteiger partial charge in [-0.15, -0.1) is 0 Å². The van der Waals surface area contributed by atoms with Gasteiger partial charge in [0, 0.05) is 31.6 Å². The van der Waals surface area contributed by atoms with Crippen LogP contribution in [0.1, 0.15) is 10.6 Å². The molecule has 1 N–H and O–H groups in total. The van der Waals surface area contributed by atoms with E-state index in [1.165, 1.54) is 6.26 Å². The number of para-hydroxylation sites is 3. The first kappa shape index (κ1) is 23.2. The van der Waals surface area contributed by atoms with Crippen molar-refractivity contribution in [2.75, 3.05) is 50.1 Å². The van der Waals surface area contributed by atoms with Gasteiger partial charge < -0.3 is 29.0 Å². The van der Waals surface area contributed by atoms with Crippen molar-refractivity contribution in [3.05, 3.63) is 78.8 Å². The first-order valence-corrected chi connectivity index (χ1v) is 11.7. The maximum absolute atomic E-state index is 12.5. The lowest BCUT2D eigenvalue weighted by atomic mass is 10.2. The van der Waals surface area contributed by atoms with Gasteiger partial charge in [-0.3, -0.25) is 9.59 Å². The Kier molecular flexibility index (Phi) is 6.70. The molecule has 1 aliphatic rings. The smallest absolute Gasteiger partial charge is 0.289 e. The minimum atomic E-state index is -0.301. The summed E-state index contributed by atoms with van der Waals surface area (Å²) in [6, 6.07) is 20.2. The summed E-state index contributed by atoms with van der Waals surface area (Å²) in [7, 11) is 1.55. The van der Waals surface area contributed by atoms with E-state index in [2.05, 4.69) is 10.2 Å². The van der Waals surface area contributed by atoms with Crippen molar-refractivity contribution in [3.8, 4) is 11.5 Å². The highest BCUT2D eigenvalue weighted by Gasteiger charge is 2.24. The van der Waals surface area contributed by atoms with E-state index in [1.54, 1.807) is 42.3 Å². The zero-order valence-electron chi connectivity index (χ0n) is 19.8. The number of ether oxygens (including phenoxy) is 2. The zero-order chi connectivity index (χ0) is 24.9. The second-order valence-corrected chi connectivity index (χ2v) is 8.29. The number of furan rings is 1. The van der Waals surface area contributed by atoms with E-state index >= 15 is 0 Å². The molecule has 0 unspecified atom stereocenters. The van der Waals surface area contributed by atoms with Crippen molar-refractivity contribution in [3.63, 3.8) is 0 Å². The van der Waals surface area contributed by atoms with Gasteiger partial charge in [-0.1, -0.05) is 24.3 Å². The molecule has 5 rings (SSSR count). The highest BCUT2D eigenvalue weighted by molar-refractivity contribution is 5.94. The normalized spacial score (nSPS) is 13.5. The minimum Gasteiger partial charge on any atom is -0.495 e. The first-order chi connectivity index (χ1) is 17.6. The fourth-order valence-electron chi connectivity index (χ4n) is 4.17. The number of methoxy groups -OCH3 is 1. The van der Waals surface area contributed by atoms with E-state index in [-0.39, 0.29) is 18.4 Å². The molecule has 0 saturated carbocycles. The van der Waals surface area contributed by atoms with Crippen molar-refractivity contribution < 1.29 is 23.5 Å². The maximum atomic E-state index is 12.5. The molecule has 0 aliphatic carbocycles. The molecular formula is C27H26N4O5. The third-order valence-electron chi connectivity index (χ3n) is 6.03. The van der Waals surface area contributed by atoms with Crippen LogP contribution >= 0.6 is 0 Å². The summed E-state index contributed by atoms with van der Waals surface area (Å²) in [5.74, 6) is 1.84. The van der Waals surface area contributed by atoms with Gasteiger partial charge in [0.1, 0.15) is 22.8 Å². The Morgan fingerprint density at radius 1 is 0.944 bits per heavy atom. The lowest BCUT2D eigenvalue weighted by Gasteiger charge is -2.35. The number of hydrogen-bond donors (Lipinski definition) is 1. The molecule has 9 nitrogen and oxygen atoms in total. The Morgan fingerprint density at radius 3 is 2.53 bits per heavy atom. The third-order valence-corrected chi connectivity index (χ3v) is 6.03. The SMILES string of the molecule is COc1ccccc1NC(=O)COc1cccc2ccc(N3CCN(C(=O)c4ccco4)CC3)nc12. The molecule has 0 atom stereocenters.